The minimum absolute atomic E-state index is 0.0793. The van der Waals surface area contributed by atoms with Gasteiger partial charge in [-0.05, 0) is 36.4 Å². The third kappa shape index (κ3) is 4.24. The molecular weight excluding hydrogens is 520 g/mol. The molecule has 1 aliphatic heterocycles. The van der Waals surface area contributed by atoms with Crippen LogP contribution in [0.3, 0.4) is 0 Å². The van der Waals surface area contributed by atoms with E-state index in [0.717, 1.165) is 12.1 Å². The molecule has 158 valence electrons. The molecule has 30 heavy (non-hydrogen) atoms. The predicted molar refractivity (Wildman–Crippen MR) is 118 cm³/mol. The van der Waals surface area contributed by atoms with Crippen LogP contribution < -0.4 is 4.90 Å². The van der Waals surface area contributed by atoms with E-state index < -0.39 is 21.7 Å². The van der Waals surface area contributed by atoms with Crippen molar-refractivity contribution >= 4 is 54.0 Å². The number of hydrogen-bond acceptors (Lipinski definition) is 5. The summed E-state index contributed by atoms with van der Waals surface area (Å²) >= 11 is 10.8. The van der Waals surface area contributed by atoms with Crippen LogP contribution >= 0.6 is 38.9 Å². The molecule has 4 rings (SSSR count). The van der Waals surface area contributed by atoms with Gasteiger partial charge in [0.15, 0.2) is 16.8 Å². The summed E-state index contributed by atoms with van der Waals surface area (Å²) in [5.41, 5.74) is 1.04. The largest absolute Gasteiger partial charge is 0.345 e. The number of hydrogen-bond donors (Lipinski definition) is 0. The van der Waals surface area contributed by atoms with Gasteiger partial charge in [-0.25, -0.2) is 22.2 Å². The zero-order chi connectivity index (χ0) is 21.5. The number of halogens is 4. The zero-order valence-corrected chi connectivity index (χ0v) is 19.3. The lowest BCUT2D eigenvalue weighted by Gasteiger charge is -2.33. The van der Waals surface area contributed by atoms with Crippen molar-refractivity contribution in [1.29, 1.82) is 0 Å². The lowest BCUT2D eigenvalue weighted by atomic mass is 10.2. The Morgan fingerprint density at radius 1 is 1.03 bits per heavy atom. The lowest BCUT2D eigenvalue weighted by molar-refractivity contribution is 0.385. The predicted octanol–water partition coefficient (Wildman–Crippen LogP) is 5.02. The van der Waals surface area contributed by atoms with Crippen LogP contribution in [-0.2, 0) is 10.0 Å². The second kappa shape index (κ2) is 8.51. The Morgan fingerprint density at radius 2 is 1.77 bits per heavy atom. The van der Waals surface area contributed by atoms with Gasteiger partial charge in [-0.2, -0.15) is 4.31 Å². The SMILES string of the molecule is O=S(=O)(c1ccc(Br)cc1Cl)N1CCN(c2nc(-c3ccc(F)c(F)c3)cs2)CC1. The molecule has 0 spiro atoms. The maximum atomic E-state index is 13.5. The molecule has 1 saturated heterocycles. The summed E-state index contributed by atoms with van der Waals surface area (Å²) in [6, 6.07) is 8.35. The van der Waals surface area contributed by atoms with Crippen molar-refractivity contribution in [3.63, 3.8) is 0 Å². The topological polar surface area (TPSA) is 53.5 Å². The number of sulfonamides is 1. The van der Waals surface area contributed by atoms with E-state index in [2.05, 4.69) is 20.9 Å². The molecule has 1 aromatic heterocycles. The number of anilines is 1. The van der Waals surface area contributed by atoms with Crippen LogP contribution in [0.4, 0.5) is 13.9 Å². The van der Waals surface area contributed by atoms with Crippen LogP contribution in [0.15, 0.2) is 51.1 Å². The maximum absolute atomic E-state index is 13.5. The molecular formula is C19H15BrClF2N3O2S2. The van der Waals surface area contributed by atoms with Gasteiger partial charge in [0.1, 0.15) is 4.90 Å². The molecule has 0 saturated carbocycles. The first-order chi connectivity index (χ1) is 14.3. The van der Waals surface area contributed by atoms with Crippen molar-refractivity contribution in [3.05, 3.63) is 62.9 Å². The lowest BCUT2D eigenvalue weighted by Crippen LogP contribution is -2.48. The van der Waals surface area contributed by atoms with Crippen LogP contribution in [0.5, 0.6) is 0 Å². The van der Waals surface area contributed by atoms with E-state index in [1.807, 2.05) is 4.90 Å². The molecule has 0 amide bonds. The molecule has 2 heterocycles. The normalized spacial score (nSPS) is 15.5. The zero-order valence-electron chi connectivity index (χ0n) is 15.4. The molecule has 0 atom stereocenters. The van der Waals surface area contributed by atoms with E-state index in [0.29, 0.717) is 34.0 Å². The molecule has 11 heteroatoms. The molecule has 0 N–H and O–H groups in total. The molecule has 0 radical (unpaired) electrons. The second-order valence-corrected chi connectivity index (χ2v) is 10.7. The van der Waals surface area contributed by atoms with Crippen molar-refractivity contribution in [2.75, 3.05) is 31.1 Å². The minimum atomic E-state index is -3.70. The second-order valence-electron chi connectivity index (χ2n) is 6.61. The summed E-state index contributed by atoms with van der Waals surface area (Å²) in [5.74, 6) is -1.83. The fraction of sp³-hybridized carbons (Fsp3) is 0.211. The Kier molecular flexibility index (Phi) is 6.13. The van der Waals surface area contributed by atoms with E-state index in [-0.39, 0.29) is 23.0 Å². The third-order valence-electron chi connectivity index (χ3n) is 4.73. The molecule has 0 unspecified atom stereocenters. The number of rotatable bonds is 4. The number of piperazine rings is 1. The standard InChI is InChI=1S/C19H15BrClF2N3O2S2/c20-13-2-4-18(14(21)10-13)30(27,28)26-7-5-25(6-8-26)19-24-17(11-29-19)12-1-3-15(22)16(23)9-12/h1-4,9-11H,5-8H2. The number of benzene rings is 2. The quantitative estimate of drug-likeness (QED) is 0.472. The highest BCUT2D eigenvalue weighted by Gasteiger charge is 2.31. The van der Waals surface area contributed by atoms with Crippen LogP contribution in [0, 0.1) is 11.6 Å². The van der Waals surface area contributed by atoms with Gasteiger partial charge in [0.25, 0.3) is 0 Å². The molecule has 1 aliphatic rings. The van der Waals surface area contributed by atoms with Crippen LogP contribution in [0.25, 0.3) is 11.3 Å². The number of nitrogens with zero attached hydrogens (tertiary/aromatic N) is 3. The van der Waals surface area contributed by atoms with Crippen LogP contribution in [0.1, 0.15) is 0 Å². The number of thiazole rings is 1. The summed E-state index contributed by atoms with van der Waals surface area (Å²) in [5, 5.41) is 2.64. The Balaban J connectivity index is 1.47. The Hall–Kier alpha value is -1.59. The van der Waals surface area contributed by atoms with Crippen molar-refractivity contribution in [2.45, 2.75) is 4.90 Å². The first-order valence-electron chi connectivity index (χ1n) is 8.87. The smallest absolute Gasteiger partial charge is 0.244 e. The first kappa shape index (κ1) is 21.6. The van der Waals surface area contributed by atoms with Gasteiger partial charge >= 0.3 is 0 Å². The molecule has 1 fully saturated rings. The highest BCUT2D eigenvalue weighted by atomic mass is 79.9. The van der Waals surface area contributed by atoms with Gasteiger partial charge < -0.3 is 4.90 Å². The fourth-order valence-electron chi connectivity index (χ4n) is 3.14. The Bertz CT molecular complexity index is 1200. The van der Waals surface area contributed by atoms with Crippen LogP contribution in [0.2, 0.25) is 5.02 Å². The van der Waals surface area contributed by atoms with Gasteiger partial charge in [-0.15, -0.1) is 11.3 Å². The summed E-state index contributed by atoms with van der Waals surface area (Å²) < 4.78 is 54.6. The average molecular weight is 535 g/mol. The third-order valence-corrected chi connectivity index (χ3v) is 8.50. The van der Waals surface area contributed by atoms with Gasteiger partial charge in [0, 0.05) is 41.6 Å². The van der Waals surface area contributed by atoms with Crippen LogP contribution in [-0.4, -0.2) is 43.9 Å². The molecule has 2 aromatic carbocycles. The molecule has 0 bridgehead atoms. The summed E-state index contributed by atoms with van der Waals surface area (Å²) in [7, 11) is -3.70. The van der Waals surface area contributed by atoms with E-state index in [1.165, 1.54) is 27.8 Å². The average Bonchev–Trinajstić information content (AvgIpc) is 3.20. The highest BCUT2D eigenvalue weighted by molar-refractivity contribution is 9.10. The number of aromatic nitrogens is 1. The first-order valence-corrected chi connectivity index (χ1v) is 12.4. The minimum Gasteiger partial charge on any atom is -0.345 e. The Morgan fingerprint density at radius 3 is 2.43 bits per heavy atom. The molecule has 3 aromatic rings. The van der Waals surface area contributed by atoms with E-state index in [1.54, 1.807) is 17.5 Å². The van der Waals surface area contributed by atoms with Gasteiger partial charge in [0.2, 0.25) is 10.0 Å². The van der Waals surface area contributed by atoms with Crippen molar-refractivity contribution in [3.8, 4) is 11.3 Å². The van der Waals surface area contributed by atoms with E-state index in [4.69, 9.17) is 11.6 Å². The highest BCUT2D eigenvalue weighted by Crippen LogP contribution is 2.31. The molecule has 5 nitrogen and oxygen atoms in total. The summed E-state index contributed by atoms with van der Waals surface area (Å²) in [6.07, 6.45) is 0. The van der Waals surface area contributed by atoms with Gasteiger partial charge in [-0.1, -0.05) is 27.5 Å². The van der Waals surface area contributed by atoms with E-state index >= 15 is 0 Å². The van der Waals surface area contributed by atoms with Crippen molar-refractivity contribution in [2.24, 2.45) is 0 Å². The van der Waals surface area contributed by atoms with Crippen molar-refractivity contribution < 1.29 is 17.2 Å². The van der Waals surface area contributed by atoms with E-state index in [9.17, 15) is 17.2 Å². The molecule has 0 aliphatic carbocycles. The maximum Gasteiger partial charge on any atom is 0.244 e. The summed E-state index contributed by atoms with van der Waals surface area (Å²) in [4.78, 5) is 6.56. The monoisotopic (exact) mass is 533 g/mol. The van der Waals surface area contributed by atoms with Crippen molar-refractivity contribution in [1.82, 2.24) is 9.29 Å². The van der Waals surface area contributed by atoms with Gasteiger partial charge in [0.05, 0.1) is 10.7 Å². The Labute approximate surface area is 190 Å². The fourth-order valence-corrected chi connectivity index (χ4v) is 6.46. The van der Waals surface area contributed by atoms with Gasteiger partial charge in [-0.3, -0.25) is 0 Å². The summed E-state index contributed by atoms with van der Waals surface area (Å²) in [6.45, 7) is 1.49.